The SMILES string of the molecule is C=C.CCOC(C)OCC.CN1C(=O)/C(=C/c2ccccc2)N(CC=O)C/C1=C/c1ccccc1. The van der Waals surface area contributed by atoms with Crippen LogP contribution >= 0.6 is 0 Å². The van der Waals surface area contributed by atoms with Gasteiger partial charge in [-0.15, -0.1) is 13.2 Å². The first-order valence-electron chi connectivity index (χ1n) is 11.7. The number of benzene rings is 2. The van der Waals surface area contributed by atoms with Crippen LogP contribution in [0.3, 0.4) is 0 Å². The van der Waals surface area contributed by atoms with Crippen LogP contribution in [0, 0.1) is 0 Å². The maximum Gasteiger partial charge on any atom is 0.274 e. The molecule has 1 aliphatic heterocycles. The molecule has 1 amide bonds. The van der Waals surface area contributed by atoms with Crippen molar-refractivity contribution < 1.29 is 19.1 Å². The molecule has 0 aliphatic carbocycles. The van der Waals surface area contributed by atoms with Gasteiger partial charge in [-0.1, -0.05) is 60.7 Å². The second-order valence-electron chi connectivity index (χ2n) is 7.38. The van der Waals surface area contributed by atoms with E-state index in [2.05, 4.69) is 13.2 Å². The van der Waals surface area contributed by atoms with Gasteiger partial charge in [0.05, 0.1) is 13.1 Å². The Morgan fingerprint density at radius 3 is 1.86 bits per heavy atom. The lowest BCUT2D eigenvalue weighted by Crippen LogP contribution is -2.45. The lowest BCUT2D eigenvalue weighted by atomic mass is 10.1. The number of ether oxygens (including phenoxy) is 2. The molecule has 0 atom stereocenters. The van der Waals surface area contributed by atoms with Crippen molar-refractivity contribution in [2.45, 2.75) is 27.1 Å². The monoisotopic (exact) mass is 478 g/mol. The van der Waals surface area contributed by atoms with Crippen LogP contribution in [0.2, 0.25) is 0 Å². The van der Waals surface area contributed by atoms with Crippen LogP contribution in [-0.4, -0.2) is 61.6 Å². The van der Waals surface area contributed by atoms with Gasteiger partial charge >= 0.3 is 0 Å². The molecular formula is C29H38N2O4. The summed E-state index contributed by atoms with van der Waals surface area (Å²) >= 11 is 0. The number of hydrogen-bond acceptors (Lipinski definition) is 5. The second-order valence-corrected chi connectivity index (χ2v) is 7.38. The maximum atomic E-state index is 12.9. The van der Waals surface area contributed by atoms with Crippen LogP contribution in [0.15, 0.2) is 85.2 Å². The van der Waals surface area contributed by atoms with Crippen molar-refractivity contribution in [2.75, 3.05) is 33.4 Å². The number of piperazine rings is 1. The first-order valence-corrected chi connectivity index (χ1v) is 11.7. The van der Waals surface area contributed by atoms with Gasteiger partial charge in [-0.25, -0.2) is 0 Å². The molecular weight excluding hydrogens is 440 g/mol. The van der Waals surface area contributed by atoms with E-state index in [1.165, 1.54) is 0 Å². The summed E-state index contributed by atoms with van der Waals surface area (Å²) in [7, 11) is 1.77. The molecule has 0 N–H and O–H groups in total. The molecule has 0 saturated carbocycles. The van der Waals surface area contributed by atoms with E-state index in [0.717, 1.165) is 36.3 Å². The van der Waals surface area contributed by atoms with Crippen molar-refractivity contribution >= 4 is 24.3 Å². The quantitative estimate of drug-likeness (QED) is 0.225. The van der Waals surface area contributed by atoms with Gasteiger partial charge in [0.1, 0.15) is 12.0 Å². The summed E-state index contributed by atoms with van der Waals surface area (Å²) in [6.07, 6.45) is 4.61. The van der Waals surface area contributed by atoms with Crippen molar-refractivity contribution in [1.82, 2.24) is 9.80 Å². The van der Waals surface area contributed by atoms with Gasteiger partial charge in [-0.05, 0) is 44.1 Å². The van der Waals surface area contributed by atoms with Crippen molar-refractivity contribution in [1.29, 1.82) is 0 Å². The van der Waals surface area contributed by atoms with Crippen molar-refractivity contribution in [3.05, 3.63) is 96.3 Å². The highest BCUT2D eigenvalue weighted by atomic mass is 16.7. The minimum absolute atomic E-state index is 0.0370. The van der Waals surface area contributed by atoms with Crippen LogP contribution in [0.1, 0.15) is 31.9 Å². The third-order valence-electron chi connectivity index (χ3n) is 4.98. The van der Waals surface area contributed by atoms with E-state index in [1.807, 2.05) is 98.5 Å². The number of likely N-dealkylation sites (N-methyl/N-ethyl adjacent to an activating group) is 1. The highest BCUT2D eigenvalue weighted by molar-refractivity contribution is 6.00. The zero-order valence-electron chi connectivity index (χ0n) is 21.4. The largest absolute Gasteiger partial charge is 0.354 e. The summed E-state index contributed by atoms with van der Waals surface area (Å²) in [5.41, 5.74) is 3.36. The van der Waals surface area contributed by atoms with Crippen LogP contribution < -0.4 is 0 Å². The van der Waals surface area contributed by atoms with E-state index in [4.69, 9.17) is 9.47 Å². The van der Waals surface area contributed by atoms with Gasteiger partial charge < -0.3 is 24.1 Å². The lowest BCUT2D eigenvalue weighted by molar-refractivity contribution is -0.127. The fourth-order valence-corrected chi connectivity index (χ4v) is 3.34. The summed E-state index contributed by atoms with van der Waals surface area (Å²) in [5.74, 6) is -0.112. The number of hydrogen-bond donors (Lipinski definition) is 0. The summed E-state index contributed by atoms with van der Waals surface area (Å²) in [6.45, 7) is 13.9. The van der Waals surface area contributed by atoms with Gasteiger partial charge in [0.25, 0.3) is 5.91 Å². The Labute approximate surface area is 210 Å². The highest BCUT2D eigenvalue weighted by Gasteiger charge is 2.29. The first-order chi connectivity index (χ1) is 17.0. The summed E-state index contributed by atoms with van der Waals surface area (Å²) in [6, 6.07) is 19.5. The van der Waals surface area contributed by atoms with Gasteiger partial charge in [-0.2, -0.15) is 0 Å². The van der Waals surface area contributed by atoms with Crippen LogP contribution in [-0.2, 0) is 19.1 Å². The minimum Gasteiger partial charge on any atom is -0.354 e. The summed E-state index contributed by atoms with van der Waals surface area (Å²) < 4.78 is 10.1. The predicted molar refractivity (Wildman–Crippen MR) is 143 cm³/mol. The number of carbonyl (C=O) groups excluding carboxylic acids is 2. The number of rotatable bonds is 8. The molecule has 188 valence electrons. The molecule has 1 fully saturated rings. The molecule has 1 saturated heterocycles. The molecule has 0 unspecified atom stereocenters. The zero-order chi connectivity index (χ0) is 26.1. The molecule has 2 aromatic rings. The van der Waals surface area contributed by atoms with Gasteiger partial charge in [0, 0.05) is 26.0 Å². The number of amides is 1. The molecule has 0 aromatic heterocycles. The highest BCUT2D eigenvalue weighted by Crippen LogP contribution is 2.24. The molecule has 0 radical (unpaired) electrons. The Kier molecular flexibility index (Phi) is 14.4. The number of carbonyl (C=O) groups is 2. The molecule has 1 aliphatic rings. The second kappa shape index (κ2) is 17.0. The Morgan fingerprint density at radius 1 is 0.914 bits per heavy atom. The summed E-state index contributed by atoms with van der Waals surface area (Å²) in [4.78, 5) is 27.5. The third-order valence-corrected chi connectivity index (χ3v) is 4.98. The average Bonchev–Trinajstić information content (AvgIpc) is 2.88. The minimum atomic E-state index is -0.112. The molecule has 0 bridgehead atoms. The molecule has 3 rings (SSSR count). The summed E-state index contributed by atoms with van der Waals surface area (Å²) in [5, 5.41) is 0. The zero-order valence-corrected chi connectivity index (χ0v) is 21.4. The normalized spacial score (nSPS) is 15.4. The van der Waals surface area contributed by atoms with Crippen LogP contribution in [0.5, 0.6) is 0 Å². The van der Waals surface area contributed by atoms with E-state index in [1.54, 1.807) is 11.9 Å². The predicted octanol–water partition coefficient (Wildman–Crippen LogP) is 5.25. The Balaban J connectivity index is 0.000000523. The van der Waals surface area contributed by atoms with E-state index in [9.17, 15) is 9.59 Å². The Morgan fingerprint density at radius 2 is 1.40 bits per heavy atom. The number of nitrogens with zero attached hydrogens (tertiary/aromatic N) is 2. The smallest absolute Gasteiger partial charge is 0.274 e. The molecule has 35 heavy (non-hydrogen) atoms. The lowest BCUT2D eigenvalue weighted by Gasteiger charge is -2.36. The molecule has 0 spiro atoms. The fraction of sp³-hybridized carbons (Fsp3) is 0.310. The van der Waals surface area contributed by atoms with Gasteiger partial charge in [0.2, 0.25) is 0 Å². The fourth-order valence-electron chi connectivity index (χ4n) is 3.34. The molecule has 2 aromatic carbocycles. The Bertz CT molecular complexity index is 936. The topological polar surface area (TPSA) is 59.1 Å². The van der Waals surface area contributed by atoms with Crippen LogP contribution in [0.4, 0.5) is 0 Å². The van der Waals surface area contributed by atoms with E-state index < -0.39 is 0 Å². The van der Waals surface area contributed by atoms with E-state index >= 15 is 0 Å². The van der Waals surface area contributed by atoms with Crippen molar-refractivity contribution in [3.8, 4) is 0 Å². The van der Waals surface area contributed by atoms with Gasteiger partial charge in [0.15, 0.2) is 6.29 Å². The standard InChI is InChI=1S/C21H20N2O2.C6H14O2.C2H4/c1-22-19(14-17-8-4-2-5-9-17)16-23(12-13-24)20(21(22)25)15-18-10-6-3-7-11-18;1-4-7-6(3)8-5-2;1-2/h2-11,13-15H,12,16H2,1H3;6H,4-5H2,1-3H3;1-2H2/b19-14-,20-15-;;. The Hall–Kier alpha value is -3.48. The molecule has 6 heteroatoms. The van der Waals surface area contributed by atoms with Crippen molar-refractivity contribution in [3.63, 3.8) is 0 Å². The third kappa shape index (κ3) is 10.1. The van der Waals surface area contributed by atoms with Gasteiger partial charge in [-0.3, -0.25) is 4.79 Å². The number of aldehydes is 1. The molecule has 1 heterocycles. The van der Waals surface area contributed by atoms with E-state index in [0.29, 0.717) is 12.2 Å². The van der Waals surface area contributed by atoms with Crippen molar-refractivity contribution in [2.24, 2.45) is 0 Å². The average molecular weight is 479 g/mol. The first kappa shape index (κ1) is 29.6. The van der Waals surface area contributed by atoms with Crippen LogP contribution in [0.25, 0.3) is 12.2 Å². The maximum absolute atomic E-state index is 12.9. The van der Waals surface area contributed by atoms with E-state index in [-0.39, 0.29) is 18.7 Å². The molecule has 6 nitrogen and oxygen atoms in total.